The number of fused-ring (bicyclic) bond motifs is 3. The smallest absolute Gasteiger partial charge is 0.101 e. The van der Waals surface area contributed by atoms with Crippen LogP contribution in [0.5, 0.6) is 0 Å². The summed E-state index contributed by atoms with van der Waals surface area (Å²) in [6, 6.07) is 35.9. The topological polar surface area (TPSA) is 79.5 Å². The monoisotopic (exact) mass is 671 g/mol. The molecule has 3 unspecified atom stereocenters. The lowest BCUT2D eigenvalue weighted by atomic mass is 9.79. The van der Waals surface area contributed by atoms with Gasteiger partial charge in [-0.1, -0.05) is 98.5 Å². The van der Waals surface area contributed by atoms with Gasteiger partial charge in [-0.05, 0) is 85.2 Å². The van der Waals surface area contributed by atoms with Crippen molar-refractivity contribution in [1.82, 2.24) is 4.57 Å². The van der Waals surface area contributed by atoms with Crippen molar-refractivity contribution in [2.75, 3.05) is 4.90 Å². The molecule has 1 aromatic heterocycles. The van der Waals surface area contributed by atoms with E-state index in [1.165, 1.54) is 18.5 Å². The molecule has 3 aliphatic rings. The normalized spacial score (nSPS) is 19.2. The fourth-order valence-corrected chi connectivity index (χ4v) is 8.72. The number of nitrogens with zero attached hydrogens (tertiary/aromatic N) is 5. The molecule has 3 atom stereocenters. The summed E-state index contributed by atoms with van der Waals surface area (Å²) >= 11 is 0. The Balaban J connectivity index is 1.23. The highest BCUT2D eigenvalue weighted by Crippen LogP contribution is 2.50. The molecule has 5 nitrogen and oxygen atoms in total. The zero-order valence-electron chi connectivity index (χ0n) is 29.3. The maximum atomic E-state index is 10.6. The van der Waals surface area contributed by atoms with Gasteiger partial charge in [-0.25, -0.2) is 0 Å². The maximum Gasteiger partial charge on any atom is 0.101 e. The van der Waals surface area contributed by atoms with Gasteiger partial charge >= 0.3 is 0 Å². The molecule has 0 radical (unpaired) electrons. The molecule has 0 spiro atoms. The average Bonchev–Trinajstić information content (AvgIpc) is 3.68. The molecule has 8 rings (SSSR count). The first-order chi connectivity index (χ1) is 25.5. The SMILES string of the molecule is C=C/C(C#N)=C\c1c(C)n(-c2cccc(-c3ccc(-c4ccccc4N4C5=C(C(C)CCC5)C5C=CC=CC54)c(C#N)c3)c2)c2c(C#N)cccc12. The molecule has 0 fully saturated rings. The third-order valence-electron chi connectivity index (χ3n) is 11.0. The van der Waals surface area contributed by atoms with Gasteiger partial charge in [0, 0.05) is 50.8 Å². The average molecular weight is 672 g/mol. The Morgan fingerprint density at radius 1 is 0.846 bits per heavy atom. The van der Waals surface area contributed by atoms with Gasteiger partial charge in [0.1, 0.15) is 6.07 Å². The van der Waals surface area contributed by atoms with Crippen molar-refractivity contribution in [3.63, 3.8) is 0 Å². The number of benzene rings is 4. The molecule has 0 N–H and O–H groups in total. The second-order valence-electron chi connectivity index (χ2n) is 13.9. The highest BCUT2D eigenvalue weighted by molar-refractivity contribution is 5.97. The van der Waals surface area contributed by atoms with Crippen LogP contribution in [0.4, 0.5) is 5.69 Å². The highest BCUT2D eigenvalue weighted by Gasteiger charge is 2.43. The van der Waals surface area contributed by atoms with Gasteiger partial charge in [0.05, 0.1) is 40.4 Å². The molecule has 5 aromatic rings. The molecule has 0 bridgehead atoms. The summed E-state index contributed by atoms with van der Waals surface area (Å²) in [5.41, 5.74) is 13.1. The summed E-state index contributed by atoms with van der Waals surface area (Å²) in [4.78, 5) is 2.56. The van der Waals surface area contributed by atoms with Gasteiger partial charge in [0.15, 0.2) is 0 Å². The van der Waals surface area contributed by atoms with E-state index < -0.39 is 0 Å². The lowest BCUT2D eigenvalue weighted by molar-refractivity contribution is 0.508. The second-order valence-corrected chi connectivity index (χ2v) is 13.9. The number of aromatic nitrogens is 1. The van der Waals surface area contributed by atoms with Crippen molar-refractivity contribution in [2.24, 2.45) is 11.8 Å². The molecule has 5 heteroatoms. The largest absolute Gasteiger partial charge is 0.337 e. The minimum Gasteiger partial charge on any atom is -0.337 e. The minimum atomic E-state index is 0.235. The predicted molar refractivity (Wildman–Crippen MR) is 210 cm³/mol. The molecule has 4 aromatic carbocycles. The number of anilines is 1. The van der Waals surface area contributed by atoms with E-state index in [1.54, 1.807) is 11.6 Å². The van der Waals surface area contributed by atoms with Crippen molar-refractivity contribution in [3.05, 3.63) is 161 Å². The van der Waals surface area contributed by atoms with Gasteiger partial charge in [0.25, 0.3) is 0 Å². The fourth-order valence-electron chi connectivity index (χ4n) is 8.72. The second kappa shape index (κ2) is 13.3. The summed E-state index contributed by atoms with van der Waals surface area (Å²) in [7, 11) is 0. The number of hydrogen-bond acceptors (Lipinski definition) is 4. The number of rotatable bonds is 6. The lowest BCUT2D eigenvalue weighted by Gasteiger charge is -2.33. The van der Waals surface area contributed by atoms with E-state index in [0.717, 1.165) is 62.2 Å². The molecular weight excluding hydrogens is 635 g/mol. The van der Waals surface area contributed by atoms with Crippen LogP contribution in [0.15, 0.2) is 139 Å². The molecule has 250 valence electrons. The fraction of sp³-hybridized carbons (Fsp3) is 0.170. The molecular formula is C47H37N5. The zero-order valence-corrected chi connectivity index (χ0v) is 29.3. The molecule has 0 saturated carbocycles. The predicted octanol–water partition coefficient (Wildman–Crippen LogP) is 11.1. The van der Waals surface area contributed by atoms with Crippen molar-refractivity contribution >= 4 is 22.7 Å². The van der Waals surface area contributed by atoms with Crippen LogP contribution in [-0.2, 0) is 0 Å². The van der Waals surface area contributed by atoms with E-state index >= 15 is 0 Å². The van der Waals surface area contributed by atoms with Crippen LogP contribution in [0.1, 0.15) is 48.6 Å². The number of nitriles is 3. The summed E-state index contributed by atoms with van der Waals surface area (Å²) < 4.78 is 2.09. The number of allylic oxidation sites excluding steroid dienone is 5. The summed E-state index contributed by atoms with van der Waals surface area (Å²) in [5.74, 6) is 0.931. The van der Waals surface area contributed by atoms with Gasteiger partial charge in [0.2, 0.25) is 0 Å². The summed E-state index contributed by atoms with van der Waals surface area (Å²) in [6.45, 7) is 8.18. The summed E-state index contributed by atoms with van der Waals surface area (Å²) in [6.07, 6.45) is 15.9. The van der Waals surface area contributed by atoms with Gasteiger partial charge < -0.3 is 9.47 Å². The summed E-state index contributed by atoms with van der Waals surface area (Å²) in [5, 5.41) is 31.3. The quantitative estimate of drug-likeness (QED) is 0.133. The highest BCUT2D eigenvalue weighted by atomic mass is 15.2. The zero-order chi connectivity index (χ0) is 35.9. The van der Waals surface area contributed by atoms with Crippen molar-refractivity contribution in [1.29, 1.82) is 15.8 Å². The lowest BCUT2D eigenvalue weighted by Crippen LogP contribution is -2.33. The Hall–Kier alpha value is -6.61. The van der Waals surface area contributed by atoms with Crippen LogP contribution in [0.3, 0.4) is 0 Å². The third kappa shape index (κ3) is 5.21. The first-order valence-electron chi connectivity index (χ1n) is 17.9. The van der Waals surface area contributed by atoms with Crippen LogP contribution < -0.4 is 4.90 Å². The minimum absolute atomic E-state index is 0.235. The third-order valence-corrected chi connectivity index (χ3v) is 11.0. The van der Waals surface area contributed by atoms with Crippen LogP contribution >= 0.6 is 0 Å². The van der Waals surface area contributed by atoms with E-state index in [1.807, 2.05) is 49.4 Å². The molecule has 0 saturated heterocycles. The van der Waals surface area contributed by atoms with Crippen molar-refractivity contribution in [3.8, 4) is 46.1 Å². The van der Waals surface area contributed by atoms with E-state index in [-0.39, 0.29) is 6.04 Å². The number of para-hydroxylation sites is 2. The van der Waals surface area contributed by atoms with Crippen LogP contribution in [0.2, 0.25) is 0 Å². The molecule has 52 heavy (non-hydrogen) atoms. The maximum absolute atomic E-state index is 10.6. The van der Waals surface area contributed by atoms with Crippen LogP contribution in [-0.4, -0.2) is 10.6 Å². The van der Waals surface area contributed by atoms with Crippen LogP contribution in [0.25, 0.3) is 44.9 Å². The Labute approximate surface area is 305 Å². The van der Waals surface area contributed by atoms with E-state index in [9.17, 15) is 15.8 Å². The molecule has 2 aliphatic carbocycles. The molecule has 0 amide bonds. The van der Waals surface area contributed by atoms with E-state index in [0.29, 0.717) is 28.5 Å². The van der Waals surface area contributed by atoms with Gasteiger partial charge in [-0.3, -0.25) is 0 Å². The Bertz CT molecular complexity index is 2550. The van der Waals surface area contributed by atoms with Crippen molar-refractivity contribution < 1.29 is 0 Å². The van der Waals surface area contributed by atoms with E-state index in [2.05, 4.69) is 114 Å². The Morgan fingerprint density at radius 3 is 2.44 bits per heavy atom. The van der Waals surface area contributed by atoms with Crippen LogP contribution in [0, 0.1) is 52.8 Å². The van der Waals surface area contributed by atoms with Crippen molar-refractivity contribution in [2.45, 2.75) is 39.2 Å². The van der Waals surface area contributed by atoms with Gasteiger partial charge in [-0.15, -0.1) is 0 Å². The Kier molecular flexibility index (Phi) is 8.31. The standard InChI is InChI=1S/C47H37N5/c1-4-32(27-48)24-42-31(3)51(47-35(28-49)14-11-18-40(42)47)37-15-10-13-33(26-37)34-22-23-38(36(25-34)29-50)39-16-5-7-19-43(39)52-44-20-8-6-17-41(44)46-30(2)12-9-21-45(46)52/h4-8,10-11,13-20,22-26,30,41,44H,1,9,12,21H2,2-3H3/b32-24+. The first kappa shape index (κ1) is 32.6. The Morgan fingerprint density at radius 2 is 1.63 bits per heavy atom. The number of hydrogen-bond donors (Lipinski definition) is 0. The van der Waals surface area contributed by atoms with E-state index in [4.69, 9.17) is 0 Å². The van der Waals surface area contributed by atoms with Gasteiger partial charge in [-0.2, -0.15) is 15.8 Å². The molecule has 2 heterocycles. The molecule has 1 aliphatic heterocycles. The first-order valence-corrected chi connectivity index (χ1v) is 17.9.